The molecule has 0 unspecified atom stereocenters. The molecule has 0 aliphatic heterocycles. The van der Waals surface area contributed by atoms with E-state index >= 15 is 0 Å². The van der Waals surface area contributed by atoms with Crippen LogP contribution in [0.25, 0.3) is 0 Å². The van der Waals surface area contributed by atoms with E-state index in [0.717, 1.165) is 30.8 Å². The van der Waals surface area contributed by atoms with Gasteiger partial charge in [0.15, 0.2) is 0 Å². The van der Waals surface area contributed by atoms with Crippen molar-refractivity contribution in [1.82, 2.24) is 15.1 Å². The molecule has 29 heavy (non-hydrogen) atoms. The summed E-state index contributed by atoms with van der Waals surface area (Å²) >= 11 is 0. The molecule has 1 aromatic heterocycles. The number of nitrogens with one attached hydrogen (secondary N) is 1. The Hall–Kier alpha value is -2.76. The van der Waals surface area contributed by atoms with Crippen LogP contribution in [0.3, 0.4) is 0 Å². The molecule has 0 radical (unpaired) electrons. The first kappa shape index (κ1) is 21.0. The van der Waals surface area contributed by atoms with Crippen molar-refractivity contribution in [3.05, 3.63) is 59.5 Å². The molecule has 1 fully saturated rings. The number of benzene rings is 1. The van der Waals surface area contributed by atoms with E-state index in [1.165, 1.54) is 5.56 Å². The molecular formula is C23H31N3O3. The molecule has 1 saturated carbocycles. The third-order valence-corrected chi connectivity index (χ3v) is 5.13. The van der Waals surface area contributed by atoms with Crippen LogP contribution in [0.4, 0.5) is 4.79 Å². The fourth-order valence-corrected chi connectivity index (χ4v) is 3.32. The topological polar surface area (TPSA) is 65.8 Å². The van der Waals surface area contributed by atoms with Gasteiger partial charge < -0.3 is 19.5 Å². The number of aryl methyl sites for hydroxylation is 1. The Morgan fingerprint density at radius 1 is 1.10 bits per heavy atom. The van der Waals surface area contributed by atoms with E-state index in [4.69, 9.17) is 4.42 Å². The number of hydrogen-bond donors (Lipinski definition) is 1. The second kappa shape index (κ2) is 10.1. The Morgan fingerprint density at radius 3 is 2.48 bits per heavy atom. The van der Waals surface area contributed by atoms with Gasteiger partial charge >= 0.3 is 6.03 Å². The minimum atomic E-state index is -0.162. The Kier molecular flexibility index (Phi) is 7.33. The average Bonchev–Trinajstić information content (AvgIpc) is 3.44. The number of hydrogen-bond acceptors (Lipinski definition) is 3. The number of carbonyl (C=O) groups is 2. The highest BCUT2D eigenvalue weighted by Crippen LogP contribution is 2.29. The van der Waals surface area contributed by atoms with E-state index in [9.17, 15) is 9.59 Å². The Morgan fingerprint density at radius 2 is 1.86 bits per heavy atom. The molecule has 1 N–H and O–H groups in total. The molecular weight excluding hydrogens is 366 g/mol. The third-order valence-electron chi connectivity index (χ3n) is 5.13. The van der Waals surface area contributed by atoms with Crippen molar-refractivity contribution in [1.29, 1.82) is 0 Å². The lowest BCUT2D eigenvalue weighted by atomic mass is 10.1. The molecule has 156 valence electrons. The second-order valence-corrected chi connectivity index (χ2v) is 7.72. The van der Waals surface area contributed by atoms with Gasteiger partial charge in [0.05, 0.1) is 6.54 Å². The summed E-state index contributed by atoms with van der Waals surface area (Å²) in [4.78, 5) is 29.0. The van der Waals surface area contributed by atoms with Crippen LogP contribution < -0.4 is 5.32 Å². The number of furan rings is 1. The SMILES string of the molecule is CCNC(=O)N(CC(=O)N(CCc1ccccc1)Cc1ccc(C)o1)CC1CC1. The van der Waals surface area contributed by atoms with Gasteiger partial charge in [-0.3, -0.25) is 4.79 Å². The van der Waals surface area contributed by atoms with Crippen molar-refractivity contribution in [3.63, 3.8) is 0 Å². The molecule has 0 atom stereocenters. The van der Waals surface area contributed by atoms with Gasteiger partial charge in [0, 0.05) is 19.6 Å². The standard InChI is InChI=1S/C23H31N3O3/c1-3-24-23(28)26(15-20-10-11-20)17-22(27)25(16-21-12-9-18(2)29-21)14-13-19-7-5-4-6-8-19/h4-9,12,20H,3,10-11,13-17H2,1-2H3,(H,24,28). The third kappa shape index (κ3) is 6.66. The van der Waals surface area contributed by atoms with Crippen LogP contribution in [0.2, 0.25) is 0 Å². The van der Waals surface area contributed by atoms with Crippen LogP contribution in [0.1, 0.15) is 36.8 Å². The maximum Gasteiger partial charge on any atom is 0.317 e. The van der Waals surface area contributed by atoms with Crippen molar-refractivity contribution in [3.8, 4) is 0 Å². The molecule has 2 aromatic rings. The fraction of sp³-hybridized carbons (Fsp3) is 0.478. The number of carbonyl (C=O) groups excluding carboxylic acids is 2. The van der Waals surface area contributed by atoms with E-state index in [1.807, 2.05) is 44.2 Å². The lowest BCUT2D eigenvalue weighted by Gasteiger charge is -2.27. The summed E-state index contributed by atoms with van der Waals surface area (Å²) in [6, 6.07) is 13.8. The van der Waals surface area contributed by atoms with Crippen LogP contribution in [-0.4, -0.2) is 47.9 Å². The zero-order valence-electron chi connectivity index (χ0n) is 17.4. The quantitative estimate of drug-likeness (QED) is 0.666. The van der Waals surface area contributed by atoms with Gasteiger partial charge in [0.2, 0.25) is 5.91 Å². The smallest absolute Gasteiger partial charge is 0.317 e. The van der Waals surface area contributed by atoms with Gasteiger partial charge in [-0.15, -0.1) is 0 Å². The van der Waals surface area contributed by atoms with E-state index in [0.29, 0.717) is 32.1 Å². The van der Waals surface area contributed by atoms with Crippen molar-refractivity contribution < 1.29 is 14.0 Å². The molecule has 0 bridgehead atoms. The molecule has 0 saturated heterocycles. The zero-order valence-corrected chi connectivity index (χ0v) is 17.4. The summed E-state index contributed by atoms with van der Waals surface area (Å²) in [5, 5.41) is 2.83. The largest absolute Gasteiger partial charge is 0.464 e. The first-order valence-electron chi connectivity index (χ1n) is 10.4. The Bertz CT molecular complexity index is 799. The summed E-state index contributed by atoms with van der Waals surface area (Å²) in [5.74, 6) is 2.06. The highest BCUT2D eigenvalue weighted by molar-refractivity contribution is 5.84. The molecule has 1 aromatic carbocycles. The second-order valence-electron chi connectivity index (χ2n) is 7.72. The van der Waals surface area contributed by atoms with Gasteiger partial charge in [-0.2, -0.15) is 0 Å². The maximum atomic E-state index is 13.2. The van der Waals surface area contributed by atoms with Crippen LogP contribution in [0.15, 0.2) is 46.9 Å². The molecule has 1 heterocycles. The monoisotopic (exact) mass is 397 g/mol. The van der Waals surface area contributed by atoms with E-state index in [-0.39, 0.29) is 18.5 Å². The summed E-state index contributed by atoms with van der Waals surface area (Å²) in [6.45, 7) is 6.06. The van der Waals surface area contributed by atoms with Gasteiger partial charge in [0.1, 0.15) is 18.1 Å². The van der Waals surface area contributed by atoms with E-state index in [2.05, 4.69) is 17.4 Å². The molecule has 3 amide bonds. The first-order chi connectivity index (χ1) is 14.0. The maximum absolute atomic E-state index is 13.2. The highest BCUT2D eigenvalue weighted by atomic mass is 16.3. The van der Waals surface area contributed by atoms with Crippen molar-refractivity contribution in [2.75, 3.05) is 26.2 Å². The highest BCUT2D eigenvalue weighted by Gasteiger charge is 2.29. The number of nitrogens with zero attached hydrogens (tertiary/aromatic N) is 2. The average molecular weight is 398 g/mol. The minimum Gasteiger partial charge on any atom is -0.464 e. The van der Waals surface area contributed by atoms with Crippen LogP contribution >= 0.6 is 0 Å². The Labute approximate surface area is 172 Å². The first-order valence-corrected chi connectivity index (χ1v) is 10.4. The number of rotatable bonds is 10. The predicted octanol–water partition coefficient (Wildman–Crippen LogP) is 3.60. The lowest BCUT2D eigenvalue weighted by molar-refractivity contribution is -0.132. The minimum absolute atomic E-state index is 0.0538. The number of amides is 3. The number of urea groups is 1. The van der Waals surface area contributed by atoms with Crippen molar-refractivity contribution in [2.24, 2.45) is 5.92 Å². The summed E-state index contributed by atoms with van der Waals surface area (Å²) in [7, 11) is 0. The zero-order chi connectivity index (χ0) is 20.6. The van der Waals surface area contributed by atoms with Gasteiger partial charge in [-0.25, -0.2) is 4.79 Å². The van der Waals surface area contributed by atoms with Gasteiger partial charge in [-0.05, 0) is 56.7 Å². The predicted molar refractivity (Wildman–Crippen MR) is 112 cm³/mol. The molecule has 3 rings (SSSR count). The summed E-state index contributed by atoms with van der Waals surface area (Å²) in [6.07, 6.45) is 3.02. The summed E-state index contributed by atoms with van der Waals surface area (Å²) < 4.78 is 5.69. The fourth-order valence-electron chi connectivity index (χ4n) is 3.32. The summed E-state index contributed by atoms with van der Waals surface area (Å²) in [5.41, 5.74) is 1.18. The molecule has 6 heteroatoms. The normalized spacial score (nSPS) is 13.2. The lowest BCUT2D eigenvalue weighted by Crippen LogP contribution is -2.47. The molecule has 6 nitrogen and oxygen atoms in total. The van der Waals surface area contributed by atoms with Gasteiger partial charge in [-0.1, -0.05) is 30.3 Å². The van der Waals surface area contributed by atoms with Crippen molar-refractivity contribution >= 4 is 11.9 Å². The van der Waals surface area contributed by atoms with Crippen LogP contribution in [0, 0.1) is 12.8 Å². The molecule has 0 spiro atoms. The Balaban J connectivity index is 1.67. The van der Waals surface area contributed by atoms with Crippen LogP contribution in [-0.2, 0) is 17.8 Å². The molecule has 1 aliphatic rings. The van der Waals surface area contributed by atoms with Gasteiger partial charge in [0.25, 0.3) is 0 Å². The van der Waals surface area contributed by atoms with Crippen molar-refractivity contribution in [2.45, 2.75) is 39.7 Å². The molecule has 1 aliphatic carbocycles. The van der Waals surface area contributed by atoms with Crippen LogP contribution in [0.5, 0.6) is 0 Å². The van der Waals surface area contributed by atoms with E-state index < -0.39 is 0 Å². The van der Waals surface area contributed by atoms with E-state index in [1.54, 1.807) is 9.80 Å².